The van der Waals surface area contributed by atoms with Gasteiger partial charge >= 0.3 is 0 Å². The number of anilines is 1. The Hall–Kier alpha value is -2.07. The largest absolute Gasteiger partial charge is 0.497 e. The molecule has 0 saturated heterocycles. The van der Waals surface area contributed by atoms with E-state index in [0.717, 1.165) is 30.0 Å². The summed E-state index contributed by atoms with van der Waals surface area (Å²) in [6.07, 6.45) is 0.881. The van der Waals surface area contributed by atoms with Gasteiger partial charge in [-0.3, -0.25) is 0 Å². The molecule has 0 fully saturated rings. The molecule has 0 spiro atoms. The molecule has 3 nitrogen and oxygen atoms in total. The molecular weight excluding hydrogens is 267 g/mol. The number of nitrogens with zero attached hydrogens (tertiary/aromatic N) is 1. The van der Waals surface area contributed by atoms with Gasteiger partial charge in [-0.1, -0.05) is 18.2 Å². The maximum atomic E-state index is 13.3. The predicted octanol–water partition coefficient (Wildman–Crippen LogP) is 3.19. The summed E-state index contributed by atoms with van der Waals surface area (Å²) in [6.45, 7) is 2.09. The highest BCUT2D eigenvalue weighted by Gasteiger charge is 2.08. The molecule has 2 rings (SSSR count). The Balaban J connectivity index is 2.20. The number of ether oxygens (including phenoxy) is 1. The van der Waals surface area contributed by atoms with Crippen LogP contribution in [-0.2, 0) is 6.54 Å². The Bertz CT molecular complexity index is 574. The number of halogens is 1. The van der Waals surface area contributed by atoms with E-state index in [1.165, 1.54) is 6.07 Å². The first kappa shape index (κ1) is 15.3. The molecule has 4 heteroatoms. The summed E-state index contributed by atoms with van der Waals surface area (Å²) in [5, 5.41) is 0. The van der Waals surface area contributed by atoms with Crippen LogP contribution in [0.15, 0.2) is 48.5 Å². The normalized spacial score (nSPS) is 10.4. The van der Waals surface area contributed by atoms with Crippen LogP contribution in [0.25, 0.3) is 0 Å². The minimum absolute atomic E-state index is 0.211. The van der Waals surface area contributed by atoms with E-state index in [4.69, 9.17) is 10.5 Å². The standard InChI is InChI=1S/C17H21FN2O/c1-21-17-8-3-7-16(12-17)20(10-4-9-19)13-14-5-2-6-15(18)11-14/h2-3,5-8,11-12H,4,9-10,13,19H2,1H3. The van der Waals surface area contributed by atoms with E-state index >= 15 is 0 Å². The third kappa shape index (κ3) is 4.46. The summed E-state index contributed by atoms with van der Waals surface area (Å²) < 4.78 is 18.6. The molecular formula is C17H21FN2O. The van der Waals surface area contributed by atoms with Crippen molar-refractivity contribution in [2.24, 2.45) is 5.73 Å². The minimum Gasteiger partial charge on any atom is -0.497 e. The molecule has 0 aromatic heterocycles. The van der Waals surface area contributed by atoms with Gasteiger partial charge < -0.3 is 15.4 Å². The number of benzene rings is 2. The molecule has 21 heavy (non-hydrogen) atoms. The monoisotopic (exact) mass is 288 g/mol. The summed E-state index contributed by atoms with van der Waals surface area (Å²) in [4.78, 5) is 2.18. The molecule has 0 aliphatic carbocycles. The molecule has 2 aromatic rings. The second kappa shape index (κ2) is 7.64. The van der Waals surface area contributed by atoms with Gasteiger partial charge in [-0.25, -0.2) is 4.39 Å². The predicted molar refractivity (Wildman–Crippen MR) is 84.1 cm³/mol. The van der Waals surface area contributed by atoms with Gasteiger partial charge in [0.15, 0.2) is 0 Å². The van der Waals surface area contributed by atoms with Gasteiger partial charge in [-0.15, -0.1) is 0 Å². The van der Waals surface area contributed by atoms with Crippen LogP contribution >= 0.6 is 0 Å². The van der Waals surface area contributed by atoms with Crippen LogP contribution in [-0.4, -0.2) is 20.2 Å². The van der Waals surface area contributed by atoms with E-state index in [9.17, 15) is 4.39 Å². The van der Waals surface area contributed by atoms with Crippen LogP contribution in [0.5, 0.6) is 5.75 Å². The highest BCUT2D eigenvalue weighted by atomic mass is 19.1. The first-order valence-electron chi connectivity index (χ1n) is 7.06. The van der Waals surface area contributed by atoms with Crippen molar-refractivity contribution in [3.8, 4) is 5.75 Å². The van der Waals surface area contributed by atoms with Crippen molar-refractivity contribution < 1.29 is 9.13 Å². The van der Waals surface area contributed by atoms with E-state index < -0.39 is 0 Å². The molecule has 0 heterocycles. The fraction of sp³-hybridized carbons (Fsp3) is 0.294. The Labute approximate surface area is 125 Å². The molecule has 0 radical (unpaired) electrons. The second-order valence-corrected chi connectivity index (χ2v) is 4.90. The molecule has 112 valence electrons. The SMILES string of the molecule is COc1cccc(N(CCCN)Cc2cccc(F)c2)c1. The van der Waals surface area contributed by atoms with Crippen molar-refractivity contribution in [3.05, 3.63) is 59.9 Å². The first-order chi connectivity index (χ1) is 10.2. The quantitative estimate of drug-likeness (QED) is 0.850. The summed E-state index contributed by atoms with van der Waals surface area (Å²) in [5.41, 5.74) is 7.60. The lowest BCUT2D eigenvalue weighted by atomic mass is 10.1. The molecule has 0 aliphatic rings. The van der Waals surface area contributed by atoms with Crippen molar-refractivity contribution in [2.75, 3.05) is 25.1 Å². The zero-order valence-corrected chi connectivity index (χ0v) is 12.3. The average molecular weight is 288 g/mol. The molecule has 0 bridgehead atoms. The fourth-order valence-corrected chi connectivity index (χ4v) is 2.24. The third-order valence-corrected chi connectivity index (χ3v) is 3.31. The Morgan fingerprint density at radius 3 is 2.67 bits per heavy atom. The van der Waals surface area contributed by atoms with E-state index in [-0.39, 0.29) is 5.82 Å². The fourth-order valence-electron chi connectivity index (χ4n) is 2.24. The van der Waals surface area contributed by atoms with Crippen molar-refractivity contribution >= 4 is 5.69 Å². The average Bonchev–Trinajstić information content (AvgIpc) is 2.51. The van der Waals surface area contributed by atoms with E-state index in [0.29, 0.717) is 13.1 Å². The topological polar surface area (TPSA) is 38.5 Å². The van der Waals surface area contributed by atoms with Gasteiger partial charge in [0, 0.05) is 24.8 Å². The first-order valence-corrected chi connectivity index (χ1v) is 7.06. The minimum atomic E-state index is -0.211. The lowest BCUT2D eigenvalue weighted by Crippen LogP contribution is -2.25. The number of methoxy groups -OCH3 is 1. The van der Waals surface area contributed by atoms with Crippen LogP contribution in [0.3, 0.4) is 0 Å². The molecule has 0 aliphatic heterocycles. The zero-order valence-electron chi connectivity index (χ0n) is 12.3. The van der Waals surface area contributed by atoms with Gasteiger partial charge in [-0.2, -0.15) is 0 Å². The van der Waals surface area contributed by atoms with E-state index in [1.807, 2.05) is 30.3 Å². The summed E-state index contributed by atoms with van der Waals surface area (Å²) in [5.74, 6) is 0.599. The van der Waals surface area contributed by atoms with Gasteiger partial charge in [0.25, 0.3) is 0 Å². The van der Waals surface area contributed by atoms with Crippen LogP contribution in [0.4, 0.5) is 10.1 Å². The summed E-state index contributed by atoms with van der Waals surface area (Å²) in [7, 11) is 1.65. The number of nitrogens with two attached hydrogens (primary N) is 1. The lowest BCUT2D eigenvalue weighted by molar-refractivity contribution is 0.414. The van der Waals surface area contributed by atoms with Crippen LogP contribution < -0.4 is 15.4 Å². The highest BCUT2D eigenvalue weighted by molar-refractivity contribution is 5.51. The highest BCUT2D eigenvalue weighted by Crippen LogP contribution is 2.23. The Morgan fingerprint density at radius 2 is 1.95 bits per heavy atom. The van der Waals surface area contributed by atoms with Gasteiger partial charge in [0.05, 0.1) is 7.11 Å². The van der Waals surface area contributed by atoms with Gasteiger partial charge in [0.2, 0.25) is 0 Å². The molecule has 0 unspecified atom stereocenters. The summed E-state index contributed by atoms with van der Waals surface area (Å²) in [6, 6.07) is 14.6. The van der Waals surface area contributed by atoms with Crippen molar-refractivity contribution in [2.45, 2.75) is 13.0 Å². The van der Waals surface area contributed by atoms with E-state index in [2.05, 4.69) is 4.90 Å². The summed E-state index contributed by atoms with van der Waals surface area (Å²) >= 11 is 0. The van der Waals surface area contributed by atoms with Gasteiger partial charge in [0.1, 0.15) is 11.6 Å². The molecule has 0 atom stereocenters. The Morgan fingerprint density at radius 1 is 1.14 bits per heavy atom. The van der Waals surface area contributed by atoms with Gasteiger partial charge in [-0.05, 0) is 42.8 Å². The number of rotatable bonds is 7. The molecule has 0 amide bonds. The van der Waals surface area contributed by atoms with Crippen molar-refractivity contribution in [1.29, 1.82) is 0 Å². The molecule has 2 aromatic carbocycles. The Kier molecular flexibility index (Phi) is 5.58. The smallest absolute Gasteiger partial charge is 0.123 e. The number of hydrogen-bond donors (Lipinski definition) is 1. The van der Waals surface area contributed by atoms with Crippen molar-refractivity contribution in [3.63, 3.8) is 0 Å². The van der Waals surface area contributed by atoms with E-state index in [1.54, 1.807) is 19.2 Å². The lowest BCUT2D eigenvalue weighted by Gasteiger charge is -2.25. The zero-order chi connectivity index (χ0) is 15.1. The molecule has 2 N–H and O–H groups in total. The maximum Gasteiger partial charge on any atom is 0.123 e. The van der Waals surface area contributed by atoms with Crippen molar-refractivity contribution in [1.82, 2.24) is 0 Å². The van der Waals surface area contributed by atoms with Crippen LogP contribution in [0.1, 0.15) is 12.0 Å². The van der Waals surface area contributed by atoms with Crippen LogP contribution in [0.2, 0.25) is 0 Å². The molecule has 0 saturated carbocycles. The second-order valence-electron chi connectivity index (χ2n) is 4.90. The maximum absolute atomic E-state index is 13.3. The third-order valence-electron chi connectivity index (χ3n) is 3.31. The number of hydrogen-bond acceptors (Lipinski definition) is 3. The van der Waals surface area contributed by atoms with Crippen LogP contribution in [0, 0.1) is 5.82 Å².